The molecule has 8 nitrogen and oxygen atoms in total. The summed E-state index contributed by atoms with van der Waals surface area (Å²) in [6.45, 7) is 5.93. The summed E-state index contributed by atoms with van der Waals surface area (Å²) < 4.78 is 5.91. The van der Waals surface area contributed by atoms with E-state index < -0.39 is 6.10 Å². The molecule has 0 saturated carbocycles. The van der Waals surface area contributed by atoms with Crippen LogP contribution in [0.1, 0.15) is 79.0 Å². The number of hydrogen-bond acceptors (Lipinski definition) is 7. The first kappa shape index (κ1) is 27.8. The van der Waals surface area contributed by atoms with Crippen LogP contribution >= 0.6 is 0 Å². The Labute approximate surface area is 226 Å². The molecular weight excluding hydrogens is 480 g/mol. The van der Waals surface area contributed by atoms with Crippen molar-refractivity contribution in [1.29, 1.82) is 0 Å². The maximum atomic E-state index is 13.0. The number of imide groups is 1. The number of rotatable bonds is 14. The van der Waals surface area contributed by atoms with Gasteiger partial charge in [0.1, 0.15) is 11.9 Å². The van der Waals surface area contributed by atoms with Crippen molar-refractivity contribution in [3.8, 4) is 0 Å². The van der Waals surface area contributed by atoms with Gasteiger partial charge in [-0.05, 0) is 30.7 Å². The molecule has 38 heavy (non-hydrogen) atoms. The van der Waals surface area contributed by atoms with Gasteiger partial charge in [0.15, 0.2) is 0 Å². The van der Waals surface area contributed by atoms with Crippen LogP contribution in [0.15, 0.2) is 48.7 Å². The van der Waals surface area contributed by atoms with E-state index in [-0.39, 0.29) is 24.3 Å². The van der Waals surface area contributed by atoms with Gasteiger partial charge in [0.05, 0.1) is 17.7 Å². The summed E-state index contributed by atoms with van der Waals surface area (Å²) in [7, 11) is 0. The van der Waals surface area contributed by atoms with E-state index in [4.69, 9.17) is 4.74 Å². The van der Waals surface area contributed by atoms with Crippen molar-refractivity contribution in [3.05, 3.63) is 59.8 Å². The molecule has 0 spiro atoms. The SMILES string of the molecule is CCCCCCCCCC(=O)OC(CN1CCN(c2ccccn2)CC1)CN1C(=O)c2ccccc2C1=O. The molecule has 1 atom stereocenters. The first-order valence-electron chi connectivity index (χ1n) is 14.1. The van der Waals surface area contributed by atoms with Crippen LogP contribution in [0.3, 0.4) is 0 Å². The molecule has 2 aromatic rings. The van der Waals surface area contributed by atoms with Gasteiger partial charge in [-0.3, -0.25) is 24.2 Å². The minimum Gasteiger partial charge on any atom is -0.459 e. The summed E-state index contributed by atoms with van der Waals surface area (Å²) in [5.74, 6) is 0.0561. The number of carbonyl (C=O) groups is 3. The van der Waals surface area contributed by atoms with Crippen molar-refractivity contribution in [3.63, 3.8) is 0 Å². The van der Waals surface area contributed by atoms with E-state index >= 15 is 0 Å². The molecule has 0 aliphatic carbocycles. The number of amides is 2. The van der Waals surface area contributed by atoms with E-state index in [1.165, 1.54) is 30.6 Å². The fourth-order valence-corrected chi connectivity index (χ4v) is 5.20. The number of anilines is 1. The molecule has 204 valence electrons. The molecule has 0 N–H and O–H groups in total. The van der Waals surface area contributed by atoms with Gasteiger partial charge in [-0.15, -0.1) is 0 Å². The number of nitrogens with zero attached hydrogens (tertiary/aromatic N) is 4. The minimum absolute atomic E-state index is 0.0650. The molecular formula is C30H40N4O4. The van der Waals surface area contributed by atoms with Crippen molar-refractivity contribution < 1.29 is 19.1 Å². The molecule has 1 unspecified atom stereocenters. The molecule has 2 aliphatic rings. The molecule has 0 bridgehead atoms. The Morgan fingerprint density at radius 1 is 0.842 bits per heavy atom. The highest BCUT2D eigenvalue weighted by atomic mass is 16.5. The Hall–Kier alpha value is -3.26. The summed E-state index contributed by atoms with van der Waals surface area (Å²) in [5.41, 5.74) is 0.823. The number of carbonyl (C=O) groups excluding carboxylic acids is 3. The summed E-state index contributed by atoms with van der Waals surface area (Å²) in [6.07, 6.45) is 9.46. The zero-order valence-corrected chi connectivity index (χ0v) is 22.5. The number of pyridine rings is 1. The number of unbranched alkanes of at least 4 members (excludes halogenated alkanes) is 6. The van der Waals surface area contributed by atoms with E-state index in [1.807, 2.05) is 18.2 Å². The lowest BCUT2D eigenvalue weighted by Crippen LogP contribution is -2.51. The van der Waals surface area contributed by atoms with Gasteiger partial charge in [-0.2, -0.15) is 0 Å². The van der Waals surface area contributed by atoms with Gasteiger partial charge in [0.2, 0.25) is 0 Å². The van der Waals surface area contributed by atoms with Gasteiger partial charge >= 0.3 is 5.97 Å². The maximum absolute atomic E-state index is 13.0. The van der Waals surface area contributed by atoms with Crippen molar-refractivity contribution >= 4 is 23.6 Å². The summed E-state index contributed by atoms with van der Waals surface area (Å²) in [6, 6.07) is 12.8. The van der Waals surface area contributed by atoms with Crippen molar-refractivity contribution in [2.45, 2.75) is 64.4 Å². The van der Waals surface area contributed by atoms with Crippen LogP contribution in [0.5, 0.6) is 0 Å². The second-order valence-electron chi connectivity index (χ2n) is 10.2. The molecule has 4 rings (SSSR count). The van der Waals surface area contributed by atoms with Crippen LogP contribution < -0.4 is 4.90 Å². The van der Waals surface area contributed by atoms with E-state index in [1.54, 1.807) is 30.5 Å². The maximum Gasteiger partial charge on any atom is 0.306 e. The van der Waals surface area contributed by atoms with Gasteiger partial charge in [-0.1, -0.05) is 63.6 Å². The molecule has 1 saturated heterocycles. The van der Waals surface area contributed by atoms with Gasteiger partial charge in [0.25, 0.3) is 11.8 Å². The predicted molar refractivity (Wildman–Crippen MR) is 147 cm³/mol. The fourth-order valence-electron chi connectivity index (χ4n) is 5.20. The lowest BCUT2D eigenvalue weighted by molar-refractivity contribution is -0.150. The smallest absolute Gasteiger partial charge is 0.306 e. The second-order valence-corrected chi connectivity index (χ2v) is 10.2. The zero-order valence-electron chi connectivity index (χ0n) is 22.5. The largest absolute Gasteiger partial charge is 0.459 e. The Bertz CT molecular complexity index is 1030. The predicted octanol–water partition coefficient (Wildman–Crippen LogP) is 4.55. The van der Waals surface area contributed by atoms with E-state index in [9.17, 15) is 14.4 Å². The molecule has 8 heteroatoms. The quantitative estimate of drug-likeness (QED) is 0.205. The van der Waals surface area contributed by atoms with Gasteiger partial charge in [-0.25, -0.2) is 4.98 Å². The number of esters is 1. The van der Waals surface area contributed by atoms with Gasteiger partial charge in [0, 0.05) is 45.3 Å². The minimum atomic E-state index is -0.573. The van der Waals surface area contributed by atoms with Crippen LogP contribution in [0.25, 0.3) is 0 Å². The second kappa shape index (κ2) is 14.0. The number of ether oxygens (including phenoxy) is 1. The van der Waals surface area contributed by atoms with Crippen LogP contribution in [-0.4, -0.2) is 77.9 Å². The molecule has 1 aromatic heterocycles. The van der Waals surface area contributed by atoms with Crippen LogP contribution in [-0.2, 0) is 9.53 Å². The number of fused-ring (bicyclic) bond motifs is 1. The average molecular weight is 521 g/mol. The summed E-state index contributed by atoms with van der Waals surface area (Å²) in [4.78, 5) is 48.9. The van der Waals surface area contributed by atoms with Crippen LogP contribution in [0, 0.1) is 0 Å². The Kier molecular flexibility index (Phi) is 10.3. The average Bonchev–Trinajstić information content (AvgIpc) is 3.18. The van der Waals surface area contributed by atoms with E-state index in [2.05, 4.69) is 21.7 Å². The molecule has 2 aliphatic heterocycles. The van der Waals surface area contributed by atoms with E-state index in [0.29, 0.717) is 24.1 Å². The third kappa shape index (κ3) is 7.40. The number of piperazine rings is 1. The van der Waals surface area contributed by atoms with Crippen LogP contribution in [0.2, 0.25) is 0 Å². The number of aromatic nitrogens is 1. The lowest BCUT2D eigenvalue weighted by Gasteiger charge is -2.37. The van der Waals surface area contributed by atoms with Crippen molar-refractivity contribution in [1.82, 2.24) is 14.8 Å². The Morgan fingerprint density at radius 2 is 1.47 bits per heavy atom. The monoisotopic (exact) mass is 520 g/mol. The third-order valence-corrected chi connectivity index (χ3v) is 7.35. The number of hydrogen-bond donors (Lipinski definition) is 0. The highest BCUT2D eigenvalue weighted by Gasteiger charge is 2.37. The zero-order chi connectivity index (χ0) is 26.7. The first-order chi connectivity index (χ1) is 18.6. The summed E-state index contributed by atoms with van der Waals surface area (Å²) >= 11 is 0. The highest BCUT2D eigenvalue weighted by Crippen LogP contribution is 2.23. The number of benzene rings is 1. The standard InChI is InChI=1S/C30H40N4O4/c1-2-3-4-5-6-7-8-16-28(35)38-24(23-34-29(36)25-13-9-10-14-26(25)30(34)37)22-32-18-20-33(21-19-32)27-15-11-12-17-31-27/h9-15,17,24H,2-8,16,18-23H2,1H3. The third-order valence-electron chi connectivity index (χ3n) is 7.35. The van der Waals surface area contributed by atoms with Crippen molar-refractivity contribution in [2.75, 3.05) is 44.2 Å². The Morgan fingerprint density at radius 3 is 2.11 bits per heavy atom. The van der Waals surface area contributed by atoms with Crippen LogP contribution in [0.4, 0.5) is 5.82 Å². The lowest BCUT2D eigenvalue weighted by atomic mass is 10.1. The molecule has 0 radical (unpaired) electrons. The van der Waals surface area contributed by atoms with Crippen molar-refractivity contribution in [2.24, 2.45) is 0 Å². The molecule has 2 amide bonds. The molecule has 1 fully saturated rings. The highest BCUT2D eigenvalue weighted by molar-refractivity contribution is 6.21. The fraction of sp³-hybridized carbons (Fsp3) is 0.533. The van der Waals surface area contributed by atoms with E-state index in [0.717, 1.165) is 51.3 Å². The Balaban J connectivity index is 1.33. The first-order valence-corrected chi connectivity index (χ1v) is 14.1. The molecule has 1 aromatic carbocycles. The normalized spacial score (nSPS) is 16.6. The summed E-state index contributed by atoms with van der Waals surface area (Å²) in [5, 5.41) is 0. The van der Waals surface area contributed by atoms with Gasteiger partial charge < -0.3 is 9.64 Å². The molecule has 3 heterocycles. The topological polar surface area (TPSA) is 83.1 Å².